The van der Waals surface area contributed by atoms with Crippen molar-refractivity contribution in [3.05, 3.63) is 29.8 Å². The fourth-order valence-electron chi connectivity index (χ4n) is 2.18. The van der Waals surface area contributed by atoms with E-state index < -0.39 is 19.9 Å². The Morgan fingerprint density at radius 1 is 1.32 bits per heavy atom. The molecule has 0 saturated carbocycles. The lowest BCUT2D eigenvalue weighted by atomic mass is 10.1. The van der Waals surface area contributed by atoms with E-state index in [0.29, 0.717) is 5.56 Å². The third-order valence-corrected chi connectivity index (χ3v) is 3.25. The first-order valence-corrected chi connectivity index (χ1v) is 6.47. The summed E-state index contributed by atoms with van der Waals surface area (Å²) < 4.78 is 43.8. The molecule has 4 nitrogen and oxygen atoms in total. The smallest absolute Gasteiger partial charge is 0.226 e. The Hall–Kier alpha value is -1.55. The fourth-order valence-corrected chi connectivity index (χ4v) is 2.18. The standard InChI is InChI=1S/C15H23N3O/c1-17(2)15(19)12-13-4-6-14(7-5-13)18-10-3-8-16-9-11-18/h4-7,16H,3,8-12H2,1-2H3/i1D3,2D3. The van der Waals surface area contributed by atoms with Crippen molar-refractivity contribution in [2.24, 2.45) is 0 Å². The number of carbonyl (C=O) groups excluding carboxylic acids is 1. The van der Waals surface area contributed by atoms with E-state index in [1.165, 1.54) is 0 Å². The van der Waals surface area contributed by atoms with E-state index in [0.717, 1.165) is 38.3 Å². The lowest BCUT2D eigenvalue weighted by Crippen LogP contribution is -2.27. The zero-order valence-corrected chi connectivity index (χ0v) is 10.9. The molecule has 1 N–H and O–H groups in total. The van der Waals surface area contributed by atoms with Crippen LogP contribution in [0.25, 0.3) is 0 Å². The van der Waals surface area contributed by atoms with Crippen molar-refractivity contribution in [1.29, 1.82) is 0 Å². The molecule has 0 bridgehead atoms. The SMILES string of the molecule is [2H]C([2H])([2H])N(C(=O)Cc1ccc(N2CCCNCC2)cc1)C([2H])([2H])[2H]. The first-order chi connectivity index (χ1) is 11.6. The zero-order chi connectivity index (χ0) is 18.7. The summed E-state index contributed by atoms with van der Waals surface area (Å²) in [4.78, 5) is 14.5. The topological polar surface area (TPSA) is 35.6 Å². The minimum absolute atomic E-state index is 0.00832. The normalized spacial score (nSPS) is 22.0. The molecule has 0 spiro atoms. The molecule has 1 fully saturated rings. The molecule has 0 unspecified atom stereocenters. The molecule has 1 aromatic rings. The summed E-state index contributed by atoms with van der Waals surface area (Å²) in [6.07, 6.45) is 0.783. The van der Waals surface area contributed by atoms with Crippen molar-refractivity contribution in [2.75, 3.05) is 45.0 Å². The van der Waals surface area contributed by atoms with Gasteiger partial charge in [0.15, 0.2) is 0 Å². The van der Waals surface area contributed by atoms with Crippen LogP contribution < -0.4 is 10.2 Å². The van der Waals surface area contributed by atoms with E-state index in [-0.39, 0.29) is 11.3 Å². The third-order valence-electron chi connectivity index (χ3n) is 3.25. The van der Waals surface area contributed by atoms with Gasteiger partial charge in [0, 0.05) is 47.5 Å². The van der Waals surface area contributed by atoms with Gasteiger partial charge in [-0.15, -0.1) is 0 Å². The number of amides is 1. The van der Waals surface area contributed by atoms with Crippen LogP contribution in [0.2, 0.25) is 0 Å². The number of anilines is 1. The van der Waals surface area contributed by atoms with E-state index in [9.17, 15) is 4.79 Å². The zero-order valence-electron chi connectivity index (χ0n) is 16.9. The average Bonchev–Trinajstić information content (AvgIpc) is 2.73. The highest BCUT2D eigenvalue weighted by Crippen LogP contribution is 2.16. The summed E-state index contributed by atoms with van der Waals surface area (Å²) in [7, 11) is 0. The number of hydrogen-bond acceptors (Lipinski definition) is 3. The number of likely N-dealkylation sites (N-methyl/N-ethyl adjacent to an activating group) is 1. The molecule has 0 aliphatic carbocycles. The van der Waals surface area contributed by atoms with Gasteiger partial charge in [0.1, 0.15) is 0 Å². The molecule has 1 amide bonds. The van der Waals surface area contributed by atoms with Crippen molar-refractivity contribution in [1.82, 2.24) is 10.2 Å². The van der Waals surface area contributed by atoms with Crippen molar-refractivity contribution in [3.63, 3.8) is 0 Å². The summed E-state index contributed by atoms with van der Waals surface area (Å²) in [5.41, 5.74) is 1.61. The van der Waals surface area contributed by atoms with Crippen LogP contribution in [0.3, 0.4) is 0 Å². The molecule has 19 heavy (non-hydrogen) atoms. The van der Waals surface area contributed by atoms with Gasteiger partial charge in [0.25, 0.3) is 0 Å². The van der Waals surface area contributed by atoms with E-state index >= 15 is 0 Å². The van der Waals surface area contributed by atoms with Crippen LogP contribution in [0, 0.1) is 0 Å². The van der Waals surface area contributed by atoms with Gasteiger partial charge in [0.2, 0.25) is 5.91 Å². The quantitative estimate of drug-likeness (QED) is 0.891. The maximum Gasteiger partial charge on any atom is 0.226 e. The van der Waals surface area contributed by atoms with Gasteiger partial charge in [0.05, 0.1) is 6.42 Å². The van der Waals surface area contributed by atoms with E-state index in [1.807, 2.05) is 12.1 Å². The number of nitrogens with one attached hydrogen (secondary N) is 1. The Morgan fingerprint density at radius 2 is 2.11 bits per heavy atom. The summed E-state index contributed by atoms with van der Waals surface area (Å²) >= 11 is 0. The van der Waals surface area contributed by atoms with Gasteiger partial charge in [-0.05, 0) is 30.7 Å². The second-order valence-electron chi connectivity index (χ2n) is 4.66. The van der Waals surface area contributed by atoms with Gasteiger partial charge in [-0.2, -0.15) is 0 Å². The van der Waals surface area contributed by atoms with Crippen LogP contribution in [-0.4, -0.2) is 50.9 Å². The molecule has 1 aromatic carbocycles. The van der Waals surface area contributed by atoms with Crippen LogP contribution in [-0.2, 0) is 11.2 Å². The number of carbonyl (C=O) groups is 1. The minimum Gasteiger partial charge on any atom is -0.370 e. The summed E-state index contributed by atoms with van der Waals surface area (Å²) in [6, 6.07) is 7.23. The molecule has 0 atom stereocenters. The number of rotatable bonds is 3. The lowest BCUT2D eigenvalue weighted by Gasteiger charge is -2.22. The van der Waals surface area contributed by atoms with E-state index in [1.54, 1.807) is 12.1 Å². The molecular weight excluding hydrogens is 238 g/mol. The minimum atomic E-state index is -3.00. The summed E-state index contributed by atoms with van der Waals surface area (Å²) in [6.45, 7) is -2.26. The van der Waals surface area contributed by atoms with Crippen molar-refractivity contribution in [2.45, 2.75) is 12.8 Å². The number of hydrogen-bond donors (Lipinski definition) is 1. The molecule has 4 heteroatoms. The van der Waals surface area contributed by atoms with Crippen molar-refractivity contribution < 1.29 is 13.0 Å². The monoisotopic (exact) mass is 267 g/mol. The predicted octanol–water partition coefficient (Wildman–Crippen LogP) is 1.12. The Labute approximate surface area is 123 Å². The van der Waals surface area contributed by atoms with Gasteiger partial charge in [-0.3, -0.25) is 4.79 Å². The average molecular weight is 267 g/mol. The Morgan fingerprint density at radius 3 is 2.84 bits per heavy atom. The van der Waals surface area contributed by atoms with Crippen LogP contribution in [0.5, 0.6) is 0 Å². The van der Waals surface area contributed by atoms with Gasteiger partial charge < -0.3 is 15.1 Å². The lowest BCUT2D eigenvalue weighted by molar-refractivity contribution is -0.127. The first-order valence-electron chi connectivity index (χ1n) is 9.47. The highest BCUT2D eigenvalue weighted by Gasteiger charge is 2.10. The van der Waals surface area contributed by atoms with Crippen molar-refractivity contribution >= 4 is 11.6 Å². The van der Waals surface area contributed by atoms with Crippen LogP contribution >= 0.6 is 0 Å². The number of nitrogens with zero attached hydrogens (tertiary/aromatic N) is 2. The Balaban J connectivity index is 2.08. The fraction of sp³-hybridized carbons (Fsp3) is 0.533. The molecule has 1 aliphatic rings. The Kier molecular flexibility index (Phi) is 2.73. The predicted molar refractivity (Wildman–Crippen MR) is 78.5 cm³/mol. The largest absolute Gasteiger partial charge is 0.370 e. The second kappa shape index (κ2) is 6.57. The van der Waals surface area contributed by atoms with Crippen molar-refractivity contribution in [3.8, 4) is 0 Å². The summed E-state index contributed by atoms with van der Waals surface area (Å²) in [5.74, 6) is -0.938. The van der Waals surface area contributed by atoms with Gasteiger partial charge >= 0.3 is 0 Å². The Bertz CT molecular complexity index is 562. The maximum absolute atomic E-state index is 12.2. The molecule has 0 radical (unpaired) electrons. The van der Waals surface area contributed by atoms with Gasteiger partial charge in [-0.1, -0.05) is 12.1 Å². The number of benzene rings is 1. The maximum atomic E-state index is 12.2. The molecular formula is C15H23N3O. The molecule has 104 valence electrons. The third kappa shape index (κ3) is 3.96. The molecule has 1 aliphatic heterocycles. The highest BCUT2D eigenvalue weighted by atomic mass is 16.2. The molecule has 1 saturated heterocycles. The molecule has 1 heterocycles. The summed E-state index contributed by atoms with van der Waals surface area (Å²) in [5, 5.41) is 3.33. The van der Waals surface area contributed by atoms with Crippen LogP contribution in [0.4, 0.5) is 5.69 Å². The van der Waals surface area contributed by atoms with Crippen LogP contribution in [0.1, 0.15) is 20.2 Å². The van der Waals surface area contributed by atoms with E-state index in [2.05, 4.69) is 10.2 Å². The highest BCUT2D eigenvalue weighted by molar-refractivity contribution is 5.78. The second-order valence-corrected chi connectivity index (χ2v) is 4.66. The van der Waals surface area contributed by atoms with E-state index in [4.69, 9.17) is 8.22 Å². The molecule has 2 rings (SSSR count). The van der Waals surface area contributed by atoms with Gasteiger partial charge in [-0.25, -0.2) is 0 Å². The van der Waals surface area contributed by atoms with Crippen LogP contribution in [0.15, 0.2) is 24.3 Å². The first kappa shape index (κ1) is 7.90. The molecule has 0 aromatic heterocycles.